The van der Waals surface area contributed by atoms with Gasteiger partial charge in [0, 0.05) is 41.7 Å². The summed E-state index contributed by atoms with van der Waals surface area (Å²) in [6, 6.07) is 15.4. The van der Waals surface area contributed by atoms with E-state index in [1.807, 2.05) is 0 Å². The van der Waals surface area contributed by atoms with Crippen LogP contribution in [-0.4, -0.2) is 0 Å². The Balaban J connectivity index is 1.94. The molecule has 2 aromatic heterocycles. The number of aryl methyl sites for hydroxylation is 3. The molecule has 0 amide bonds. The van der Waals surface area contributed by atoms with Gasteiger partial charge in [-0.15, -0.1) is 0 Å². The minimum atomic E-state index is 0.158. The summed E-state index contributed by atoms with van der Waals surface area (Å²) in [5.41, 5.74) is 8.88. The summed E-state index contributed by atoms with van der Waals surface area (Å²) in [4.78, 5) is 0. The van der Waals surface area contributed by atoms with Crippen LogP contribution < -0.4 is 4.57 Å². The zero-order valence-corrected chi connectivity index (χ0v) is 17.3. The van der Waals surface area contributed by atoms with Crippen molar-refractivity contribution in [3.8, 4) is 11.3 Å². The van der Waals surface area contributed by atoms with E-state index in [4.69, 9.17) is 4.42 Å². The Morgan fingerprint density at radius 2 is 1.75 bits per heavy atom. The fourth-order valence-electron chi connectivity index (χ4n) is 5.09. The average Bonchev–Trinajstić information content (AvgIpc) is 3.03. The summed E-state index contributed by atoms with van der Waals surface area (Å²) in [6.45, 7) is 9.12. The highest BCUT2D eigenvalue weighted by Gasteiger charge is 2.42. The van der Waals surface area contributed by atoms with E-state index in [0.29, 0.717) is 0 Å². The topological polar surface area (TPSA) is 17.0 Å². The maximum absolute atomic E-state index is 6.46. The van der Waals surface area contributed by atoms with E-state index in [1.165, 1.54) is 45.1 Å². The fraction of sp³-hybridized carbons (Fsp3) is 0.346. The van der Waals surface area contributed by atoms with Crippen LogP contribution >= 0.6 is 0 Å². The number of aromatic nitrogens is 1. The van der Waals surface area contributed by atoms with Crippen molar-refractivity contribution in [1.82, 2.24) is 0 Å². The summed E-state index contributed by atoms with van der Waals surface area (Å²) < 4.78 is 9.03. The third kappa shape index (κ3) is 2.30. The van der Waals surface area contributed by atoms with Crippen LogP contribution in [0.4, 0.5) is 0 Å². The Hall–Kier alpha value is -2.61. The molecule has 2 heteroatoms. The first-order valence-corrected chi connectivity index (χ1v) is 10.5. The first-order valence-electron chi connectivity index (χ1n) is 10.5. The summed E-state index contributed by atoms with van der Waals surface area (Å²) in [5, 5.41) is 2.43. The number of benzene rings is 2. The number of furan rings is 1. The Labute approximate surface area is 166 Å². The summed E-state index contributed by atoms with van der Waals surface area (Å²) in [5.74, 6) is 0. The quantitative estimate of drug-likeness (QED) is 0.362. The van der Waals surface area contributed by atoms with E-state index in [1.54, 1.807) is 0 Å². The minimum absolute atomic E-state index is 0.158. The van der Waals surface area contributed by atoms with Crippen molar-refractivity contribution < 1.29 is 8.98 Å². The van der Waals surface area contributed by atoms with Crippen molar-refractivity contribution in [1.29, 1.82) is 0 Å². The highest BCUT2D eigenvalue weighted by molar-refractivity contribution is 6.09. The fourth-order valence-corrected chi connectivity index (χ4v) is 5.09. The highest BCUT2D eigenvalue weighted by atomic mass is 16.3. The molecule has 28 heavy (non-hydrogen) atoms. The van der Waals surface area contributed by atoms with Gasteiger partial charge in [-0.1, -0.05) is 44.2 Å². The molecule has 0 atom stereocenters. The lowest BCUT2D eigenvalue weighted by molar-refractivity contribution is -0.757. The molecule has 4 aromatic rings. The zero-order valence-electron chi connectivity index (χ0n) is 17.3. The molecule has 1 aliphatic heterocycles. The second-order valence-electron chi connectivity index (χ2n) is 8.40. The molecule has 0 bridgehead atoms. The van der Waals surface area contributed by atoms with Gasteiger partial charge in [-0.3, -0.25) is 0 Å². The molecule has 0 unspecified atom stereocenters. The van der Waals surface area contributed by atoms with Crippen LogP contribution in [0.25, 0.3) is 33.2 Å². The molecule has 0 aliphatic carbocycles. The Bertz CT molecular complexity index is 1210. The molecule has 0 saturated heterocycles. The second-order valence-corrected chi connectivity index (χ2v) is 8.40. The van der Waals surface area contributed by atoms with Crippen LogP contribution in [0.1, 0.15) is 49.8 Å². The standard InChI is InChI=1S/C26H28NO/c1-5-26(6-2)14-13-19-11-12-21-20-9-7-8-10-23(20)28-25(21)24(19)22-15-17(3)18(4)16-27(22)26/h7-12,15-16H,5-6,13-14H2,1-4H3/q+1. The van der Waals surface area contributed by atoms with Crippen molar-refractivity contribution >= 4 is 21.9 Å². The van der Waals surface area contributed by atoms with E-state index in [2.05, 4.69) is 80.9 Å². The van der Waals surface area contributed by atoms with Gasteiger partial charge in [0.25, 0.3) is 0 Å². The lowest BCUT2D eigenvalue weighted by atomic mass is 9.86. The number of rotatable bonds is 2. The summed E-state index contributed by atoms with van der Waals surface area (Å²) in [7, 11) is 0. The van der Waals surface area contributed by atoms with Crippen LogP contribution in [0.2, 0.25) is 0 Å². The monoisotopic (exact) mass is 370 g/mol. The predicted octanol–water partition coefficient (Wildman–Crippen LogP) is 6.62. The van der Waals surface area contributed by atoms with Crippen LogP contribution in [0.5, 0.6) is 0 Å². The molecule has 2 aromatic carbocycles. The molecular weight excluding hydrogens is 342 g/mol. The van der Waals surface area contributed by atoms with Crippen molar-refractivity contribution in [2.24, 2.45) is 0 Å². The maximum Gasteiger partial charge on any atom is 0.217 e. The van der Waals surface area contributed by atoms with Crippen molar-refractivity contribution in [2.45, 2.75) is 58.9 Å². The van der Waals surface area contributed by atoms with E-state index < -0.39 is 0 Å². The van der Waals surface area contributed by atoms with Gasteiger partial charge in [0.1, 0.15) is 11.2 Å². The van der Waals surface area contributed by atoms with Crippen molar-refractivity contribution in [2.75, 3.05) is 0 Å². The number of pyridine rings is 1. The normalized spacial score (nSPS) is 15.4. The molecule has 2 nitrogen and oxygen atoms in total. The van der Waals surface area contributed by atoms with Crippen molar-refractivity contribution in [3.05, 3.63) is 65.4 Å². The second kappa shape index (κ2) is 6.20. The number of hydrogen-bond donors (Lipinski definition) is 0. The number of hydrogen-bond acceptors (Lipinski definition) is 1. The number of para-hydroxylation sites is 1. The first kappa shape index (κ1) is 17.5. The van der Waals surface area contributed by atoms with Gasteiger partial charge in [-0.25, -0.2) is 0 Å². The predicted molar refractivity (Wildman–Crippen MR) is 116 cm³/mol. The van der Waals surface area contributed by atoms with Gasteiger partial charge in [0.05, 0.1) is 5.56 Å². The lowest BCUT2D eigenvalue weighted by Gasteiger charge is -2.26. The Kier molecular flexibility index (Phi) is 3.87. The molecule has 3 heterocycles. The minimum Gasteiger partial charge on any atom is -0.455 e. The van der Waals surface area contributed by atoms with Gasteiger partial charge in [-0.05, 0) is 37.5 Å². The molecule has 0 radical (unpaired) electrons. The van der Waals surface area contributed by atoms with Gasteiger partial charge in [0.2, 0.25) is 5.69 Å². The third-order valence-corrected chi connectivity index (χ3v) is 7.13. The first-order chi connectivity index (χ1) is 13.6. The molecule has 0 saturated carbocycles. The van der Waals surface area contributed by atoms with E-state index in [9.17, 15) is 0 Å². The van der Waals surface area contributed by atoms with Crippen LogP contribution in [0.3, 0.4) is 0 Å². The molecule has 0 fully saturated rings. The molecule has 1 aliphatic rings. The number of nitrogens with zero attached hydrogens (tertiary/aromatic N) is 1. The summed E-state index contributed by atoms with van der Waals surface area (Å²) >= 11 is 0. The molecule has 0 spiro atoms. The van der Waals surface area contributed by atoms with Crippen molar-refractivity contribution in [3.63, 3.8) is 0 Å². The van der Waals surface area contributed by atoms with Gasteiger partial charge in [0.15, 0.2) is 11.7 Å². The summed E-state index contributed by atoms with van der Waals surface area (Å²) in [6.07, 6.45) is 6.92. The Morgan fingerprint density at radius 3 is 2.54 bits per heavy atom. The van der Waals surface area contributed by atoms with E-state index in [0.717, 1.165) is 30.4 Å². The Morgan fingerprint density at radius 1 is 0.964 bits per heavy atom. The van der Waals surface area contributed by atoms with Crippen LogP contribution in [-0.2, 0) is 12.0 Å². The SMILES string of the molecule is CCC1(CC)CCc2ccc3c(oc4ccccc43)c2-c2cc(C)c(C)c[n+]21. The van der Waals surface area contributed by atoms with Gasteiger partial charge < -0.3 is 4.42 Å². The van der Waals surface area contributed by atoms with E-state index in [-0.39, 0.29) is 5.54 Å². The third-order valence-electron chi connectivity index (χ3n) is 7.13. The van der Waals surface area contributed by atoms with Crippen LogP contribution in [0.15, 0.2) is 53.1 Å². The molecule has 5 rings (SSSR count). The number of fused-ring (bicyclic) bond motifs is 7. The molecular formula is C26H28NO+. The smallest absolute Gasteiger partial charge is 0.217 e. The highest BCUT2D eigenvalue weighted by Crippen LogP contribution is 2.41. The molecule has 0 N–H and O–H groups in total. The van der Waals surface area contributed by atoms with E-state index >= 15 is 0 Å². The average molecular weight is 371 g/mol. The lowest BCUT2D eigenvalue weighted by Crippen LogP contribution is -2.56. The van der Waals surface area contributed by atoms with Gasteiger partial charge in [-0.2, -0.15) is 4.57 Å². The zero-order chi connectivity index (χ0) is 19.5. The molecule has 142 valence electrons. The van der Waals surface area contributed by atoms with Gasteiger partial charge >= 0.3 is 0 Å². The maximum atomic E-state index is 6.46. The van der Waals surface area contributed by atoms with Crippen LogP contribution in [0, 0.1) is 13.8 Å². The largest absolute Gasteiger partial charge is 0.455 e.